The van der Waals surface area contributed by atoms with Crippen LogP contribution in [-0.4, -0.2) is 27.3 Å². The van der Waals surface area contributed by atoms with Crippen LogP contribution in [0, 0.1) is 0 Å². The van der Waals surface area contributed by atoms with Gasteiger partial charge >= 0.3 is 0 Å². The van der Waals surface area contributed by atoms with Crippen LogP contribution in [-0.2, 0) is 10.8 Å². The molecule has 0 saturated heterocycles. The van der Waals surface area contributed by atoms with Crippen molar-refractivity contribution in [3.8, 4) is 0 Å². The molecule has 0 radical (unpaired) electrons. The van der Waals surface area contributed by atoms with Gasteiger partial charge in [0.15, 0.2) is 0 Å². The summed E-state index contributed by atoms with van der Waals surface area (Å²) in [6.45, 7) is 7.63. The molecule has 3 atom stereocenters. The van der Waals surface area contributed by atoms with E-state index in [2.05, 4.69) is 26.1 Å². The third-order valence-electron chi connectivity index (χ3n) is 3.71. The number of rotatable bonds is 7. The number of nitrogens with one attached hydrogen (secondary N) is 1. The second-order valence-electron chi connectivity index (χ2n) is 5.49. The van der Waals surface area contributed by atoms with Crippen molar-refractivity contribution in [1.82, 2.24) is 5.32 Å². The lowest BCUT2D eigenvalue weighted by atomic mass is 10.0. The topological polar surface area (TPSA) is 29.1 Å². The zero-order valence-electron chi connectivity index (χ0n) is 11.7. The Labute approximate surface area is 109 Å². The van der Waals surface area contributed by atoms with Crippen molar-refractivity contribution in [2.75, 3.05) is 6.54 Å². The second kappa shape index (κ2) is 8.25. The van der Waals surface area contributed by atoms with Crippen molar-refractivity contribution in [3.63, 3.8) is 0 Å². The molecule has 1 N–H and O–H groups in total. The molecular formula is C14H29NOS. The molecule has 102 valence electrons. The molecule has 1 aliphatic rings. The minimum Gasteiger partial charge on any atom is -0.314 e. The fraction of sp³-hybridized carbons (Fsp3) is 1.00. The summed E-state index contributed by atoms with van der Waals surface area (Å²) >= 11 is 0. The molecule has 0 bridgehead atoms. The maximum Gasteiger partial charge on any atom is 0.0350 e. The first-order valence-corrected chi connectivity index (χ1v) is 8.55. The SMILES string of the molecule is CCCNC(C)CC(C)S(=O)C1CCCCC1. The van der Waals surface area contributed by atoms with Gasteiger partial charge in [0.05, 0.1) is 0 Å². The van der Waals surface area contributed by atoms with Gasteiger partial charge in [-0.1, -0.05) is 33.1 Å². The van der Waals surface area contributed by atoms with Crippen LogP contribution < -0.4 is 5.32 Å². The lowest BCUT2D eigenvalue weighted by Crippen LogP contribution is -2.34. The van der Waals surface area contributed by atoms with E-state index in [1.807, 2.05) is 0 Å². The molecule has 0 heterocycles. The molecule has 0 aromatic rings. The third-order valence-corrected chi connectivity index (χ3v) is 5.82. The van der Waals surface area contributed by atoms with E-state index in [0.717, 1.165) is 13.0 Å². The predicted octanol–water partition coefficient (Wildman–Crippen LogP) is 3.23. The van der Waals surface area contributed by atoms with E-state index in [0.29, 0.717) is 16.5 Å². The third kappa shape index (κ3) is 5.52. The van der Waals surface area contributed by atoms with E-state index in [1.165, 1.54) is 38.5 Å². The fourth-order valence-corrected chi connectivity index (χ4v) is 4.63. The molecule has 1 fully saturated rings. The molecular weight excluding hydrogens is 230 g/mol. The minimum absolute atomic E-state index is 0.345. The van der Waals surface area contributed by atoms with E-state index in [4.69, 9.17) is 0 Å². The first-order valence-electron chi connectivity index (χ1n) is 7.28. The van der Waals surface area contributed by atoms with Gasteiger partial charge in [-0.2, -0.15) is 0 Å². The van der Waals surface area contributed by atoms with Crippen molar-refractivity contribution in [1.29, 1.82) is 0 Å². The summed E-state index contributed by atoms with van der Waals surface area (Å²) in [5, 5.41) is 4.31. The maximum atomic E-state index is 12.4. The molecule has 3 unspecified atom stereocenters. The van der Waals surface area contributed by atoms with Gasteiger partial charge in [0.2, 0.25) is 0 Å². The van der Waals surface area contributed by atoms with Crippen LogP contribution in [0.5, 0.6) is 0 Å². The number of hydrogen-bond acceptors (Lipinski definition) is 2. The smallest absolute Gasteiger partial charge is 0.0350 e. The van der Waals surface area contributed by atoms with Crippen LogP contribution in [0.3, 0.4) is 0 Å². The highest BCUT2D eigenvalue weighted by molar-refractivity contribution is 7.86. The standard InChI is InChI=1S/C14H29NOS/c1-4-10-15-12(2)11-13(3)17(16)14-8-6-5-7-9-14/h12-15H,4-11H2,1-3H3. The van der Waals surface area contributed by atoms with E-state index >= 15 is 0 Å². The molecule has 0 amide bonds. The highest BCUT2D eigenvalue weighted by Crippen LogP contribution is 2.25. The van der Waals surface area contributed by atoms with E-state index in [1.54, 1.807) is 0 Å². The molecule has 2 nitrogen and oxygen atoms in total. The Bertz CT molecular complexity index is 226. The van der Waals surface area contributed by atoms with E-state index in [9.17, 15) is 4.21 Å². The molecule has 0 aliphatic heterocycles. The van der Waals surface area contributed by atoms with Crippen LogP contribution in [0.1, 0.15) is 65.7 Å². The van der Waals surface area contributed by atoms with Crippen LogP contribution in [0.2, 0.25) is 0 Å². The van der Waals surface area contributed by atoms with Crippen LogP contribution in [0.25, 0.3) is 0 Å². The van der Waals surface area contributed by atoms with E-state index < -0.39 is 10.8 Å². The molecule has 3 heteroatoms. The Balaban J connectivity index is 2.29. The van der Waals surface area contributed by atoms with Gasteiger partial charge < -0.3 is 5.32 Å². The molecule has 0 spiro atoms. The average Bonchev–Trinajstić information content (AvgIpc) is 2.36. The van der Waals surface area contributed by atoms with E-state index in [-0.39, 0.29) is 0 Å². The number of hydrogen-bond donors (Lipinski definition) is 1. The summed E-state index contributed by atoms with van der Waals surface area (Å²) in [6.07, 6.45) is 8.51. The van der Waals surface area contributed by atoms with Crippen molar-refractivity contribution < 1.29 is 4.21 Å². The molecule has 17 heavy (non-hydrogen) atoms. The van der Waals surface area contributed by atoms with Gasteiger partial charge in [-0.25, -0.2) is 0 Å². The maximum absolute atomic E-state index is 12.4. The van der Waals surface area contributed by atoms with Crippen molar-refractivity contribution in [3.05, 3.63) is 0 Å². The summed E-state index contributed by atoms with van der Waals surface area (Å²) in [4.78, 5) is 0. The van der Waals surface area contributed by atoms with Gasteiger partial charge in [0, 0.05) is 27.3 Å². The Kier molecular flexibility index (Phi) is 7.36. The predicted molar refractivity (Wildman–Crippen MR) is 76.9 cm³/mol. The first-order chi connectivity index (χ1) is 8.15. The summed E-state index contributed by atoms with van der Waals surface area (Å²) in [7, 11) is -0.617. The highest BCUT2D eigenvalue weighted by atomic mass is 32.2. The molecule has 0 aromatic carbocycles. The molecule has 1 aliphatic carbocycles. The van der Waals surface area contributed by atoms with Crippen LogP contribution >= 0.6 is 0 Å². The summed E-state index contributed by atoms with van der Waals surface area (Å²) < 4.78 is 12.4. The Morgan fingerprint density at radius 2 is 1.88 bits per heavy atom. The van der Waals surface area contributed by atoms with Gasteiger partial charge in [-0.15, -0.1) is 0 Å². The highest BCUT2D eigenvalue weighted by Gasteiger charge is 2.24. The largest absolute Gasteiger partial charge is 0.314 e. The van der Waals surface area contributed by atoms with Gasteiger partial charge in [-0.05, 0) is 39.2 Å². The monoisotopic (exact) mass is 259 g/mol. The zero-order chi connectivity index (χ0) is 12.7. The lowest BCUT2D eigenvalue weighted by molar-refractivity contribution is 0.487. The Morgan fingerprint density at radius 1 is 1.24 bits per heavy atom. The Hall–Kier alpha value is 0.110. The van der Waals surface area contributed by atoms with Gasteiger partial charge in [0.25, 0.3) is 0 Å². The zero-order valence-corrected chi connectivity index (χ0v) is 12.5. The quantitative estimate of drug-likeness (QED) is 0.760. The van der Waals surface area contributed by atoms with Gasteiger partial charge in [-0.3, -0.25) is 4.21 Å². The van der Waals surface area contributed by atoms with Gasteiger partial charge in [0.1, 0.15) is 0 Å². The molecule has 1 saturated carbocycles. The first kappa shape index (κ1) is 15.2. The summed E-state index contributed by atoms with van der Waals surface area (Å²) in [5.74, 6) is 0. The molecule has 1 rings (SSSR count). The van der Waals surface area contributed by atoms with Crippen molar-refractivity contribution in [2.24, 2.45) is 0 Å². The normalized spacial score (nSPS) is 23.2. The van der Waals surface area contributed by atoms with Crippen LogP contribution in [0.15, 0.2) is 0 Å². The fourth-order valence-electron chi connectivity index (χ4n) is 2.69. The van der Waals surface area contributed by atoms with Crippen molar-refractivity contribution >= 4 is 10.8 Å². The summed E-state index contributed by atoms with van der Waals surface area (Å²) in [6, 6.07) is 0.498. The second-order valence-corrected chi connectivity index (χ2v) is 7.62. The average molecular weight is 259 g/mol. The molecule has 0 aromatic heterocycles. The lowest BCUT2D eigenvalue weighted by Gasteiger charge is -2.26. The van der Waals surface area contributed by atoms with Crippen molar-refractivity contribution in [2.45, 2.75) is 82.3 Å². The van der Waals surface area contributed by atoms with Crippen LogP contribution in [0.4, 0.5) is 0 Å². The summed E-state index contributed by atoms with van der Waals surface area (Å²) in [5.41, 5.74) is 0. The minimum atomic E-state index is -0.617. The Morgan fingerprint density at radius 3 is 2.47 bits per heavy atom.